The van der Waals surface area contributed by atoms with Gasteiger partial charge in [-0.2, -0.15) is 0 Å². The first-order valence-corrected chi connectivity index (χ1v) is 5.18. The SMILES string of the molecule is COc1cccc(CC(C)OC(=O)CN)c1. The molecular weight excluding hydrogens is 206 g/mol. The maximum Gasteiger partial charge on any atom is 0.319 e. The first kappa shape index (κ1) is 12.5. The summed E-state index contributed by atoms with van der Waals surface area (Å²) >= 11 is 0. The summed E-state index contributed by atoms with van der Waals surface area (Å²) < 4.78 is 10.2. The minimum absolute atomic E-state index is 0.0809. The maximum atomic E-state index is 11.0. The molecule has 0 radical (unpaired) electrons. The van der Waals surface area contributed by atoms with Gasteiger partial charge in [0.25, 0.3) is 0 Å². The van der Waals surface area contributed by atoms with Gasteiger partial charge in [-0.1, -0.05) is 12.1 Å². The standard InChI is InChI=1S/C12H17NO3/c1-9(16-12(14)8-13)6-10-4-3-5-11(7-10)15-2/h3-5,7,9H,6,8,13H2,1-2H3. The van der Waals surface area contributed by atoms with Crippen molar-refractivity contribution in [1.29, 1.82) is 0 Å². The number of methoxy groups -OCH3 is 1. The van der Waals surface area contributed by atoms with Crippen LogP contribution in [0.2, 0.25) is 0 Å². The molecule has 0 aliphatic rings. The highest BCUT2D eigenvalue weighted by molar-refractivity contribution is 5.71. The Morgan fingerprint density at radius 2 is 2.25 bits per heavy atom. The fourth-order valence-corrected chi connectivity index (χ4v) is 1.45. The lowest BCUT2D eigenvalue weighted by Gasteiger charge is -2.13. The van der Waals surface area contributed by atoms with E-state index in [1.54, 1.807) is 7.11 Å². The number of benzene rings is 1. The molecule has 16 heavy (non-hydrogen) atoms. The van der Waals surface area contributed by atoms with Crippen LogP contribution in [0.5, 0.6) is 5.75 Å². The molecule has 1 rings (SSSR count). The molecule has 1 unspecified atom stereocenters. The third kappa shape index (κ3) is 3.90. The van der Waals surface area contributed by atoms with Crippen LogP contribution in [0.3, 0.4) is 0 Å². The van der Waals surface area contributed by atoms with Gasteiger partial charge in [0.05, 0.1) is 13.7 Å². The molecule has 0 spiro atoms. The second kappa shape index (κ2) is 6.12. The lowest BCUT2D eigenvalue weighted by Crippen LogP contribution is -2.23. The first-order valence-electron chi connectivity index (χ1n) is 5.18. The van der Waals surface area contributed by atoms with Crippen LogP contribution in [-0.2, 0) is 16.0 Å². The zero-order valence-electron chi connectivity index (χ0n) is 9.60. The topological polar surface area (TPSA) is 61.5 Å². The molecule has 0 saturated carbocycles. The molecule has 0 aliphatic carbocycles. The zero-order valence-corrected chi connectivity index (χ0v) is 9.60. The van der Waals surface area contributed by atoms with E-state index >= 15 is 0 Å². The lowest BCUT2D eigenvalue weighted by molar-refractivity contribution is -0.146. The number of ether oxygens (including phenoxy) is 2. The van der Waals surface area contributed by atoms with Crippen LogP contribution in [0.15, 0.2) is 24.3 Å². The zero-order chi connectivity index (χ0) is 12.0. The number of hydrogen-bond donors (Lipinski definition) is 1. The van der Waals surface area contributed by atoms with Crippen molar-refractivity contribution in [3.8, 4) is 5.75 Å². The average Bonchev–Trinajstić information content (AvgIpc) is 2.28. The number of esters is 1. The van der Waals surface area contributed by atoms with E-state index in [-0.39, 0.29) is 18.6 Å². The van der Waals surface area contributed by atoms with Gasteiger partial charge in [-0.05, 0) is 24.6 Å². The summed E-state index contributed by atoms with van der Waals surface area (Å²) in [5.41, 5.74) is 6.23. The highest BCUT2D eigenvalue weighted by atomic mass is 16.5. The first-order chi connectivity index (χ1) is 7.65. The number of carbonyl (C=O) groups is 1. The van der Waals surface area contributed by atoms with Crippen LogP contribution in [0, 0.1) is 0 Å². The van der Waals surface area contributed by atoms with Crippen LogP contribution < -0.4 is 10.5 Å². The summed E-state index contributed by atoms with van der Waals surface area (Å²) in [6.07, 6.45) is 0.478. The van der Waals surface area contributed by atoms with Crippen LogP contribution in [-0.4, -0.2) is 25.7 Å². The molecule has 4 heteroatoms. The van der Waals surface area contributed by atoms with Crippen molar-refractivity contribution in [3.05, 3.63) is 29.8 Å². The number of rotatable bonds is 5. The fraction of sp³-hybridized carbons (Fsp3) is 0.417. The molecule has 1 aromatic carbocycles. The molecule has 0 bridgehead atoms. The van der Waals surface area contributed by atoms with Crippen molar-refractivity contribution in [1.82, 2.24) is 0 Å². The molecule has 2 N–H and O–H groups in total. The van der Waals surface area contributed by atoms with Gasteiger partial charge in [-0.3, -0.25) is 4.79 Å². The van der Waals surface area contributed by atoms with Gasteiger partial charge in [0.1, 0.15) is 11.9 Å². The van der Waals surface area contributed by atoms with Crippen LogP contribution in [0.1, 0.15) is 12.5 Å². The van der Waals surface area contributed by atoms with Crippen molar-refractivity contribution in [2.75, 3.05) is 13.7 Å². The van der Waals surface area contributed by atoms with E-state index in [9.17, 15) is 4.79 Å². The summed E-state index contributed by atoms with van der Waals surface area (Å²) in [6.45, 7) is 1.76. The highest BCUT2D eigenvalue weighted by Gasteiger charge is 2.08. The quantitative estimate of drug-likeness (QED) is 0.760. The molecule has 0 fully saturated rings. The van der Waals surface area contributed by atoms with Gasteiger partial charge in [-0.15, -0.1) is 0 Å². The van der Waals surface area contributed by atoms with E-state index in [4.69, 9.17) is 15.2 Å². The minimum atomic E-state index is -0.379. The molecule has 0 amide bonds. The minimum Gasteiger partial charge on any atom is -0.497 e. The summed E-state index contributed by atoms with van der Waals surface area (Å²) in [6, 6.07) is 7.67. The Morgan fingerprint density at radius 3 is 2.88 bits per heavy atom. The number of carbonyl (C=O) groups excluding carboxylic acids is 1. The number of hydrogen-bond acceptors (Lipinski definition) is 4. The van der Waals surface area contributed by atoms with Gasteiger partial charge in [-0.25, -0.2) is 0 Å². The summed E-state index contributed by atoms with van der Waals surface area (Å²) in [4.78, 5) is 11.0. The normalized spacial score (nSPS) is 11.9. The molecule has 0 saturated heterocycles. The third-order valence-corrected chi connectivity index (χ3v) is 2.16. The monoisotopic (exact) mass is 223 g/mol. The second-order valence-electron chi connectivity index (χ2n) is 3.56. The predicted octanol–water partition coefficient (Wildman–Crippen LogP) is 1.13. The van der Waals surface area contributed by atoms with Gasteiger partial charge in [0.2, 0.25) is 0 Å². The second-order valence-corrected chi connectivity index (χ2v) is 3.56. The Bertz CT molecular complexity index is 352. The fourth-order valence-electron chi connectivity index (χ4n) is 1.45. The highest BCUT2D eigenvalue weighted by Crippen LogP contribution is 2.14. The van der Waals surface area contributed by atoms with Crippen molar-refractivity contribution >= 4 is 5.97 Å². The van der Waals surface area contributed by atoms with Crippen molar-refractivity contribution in [2.45, 2.75) is 19.4 Å². The average molecular weight is 223 g/mol. The predicted molar refractivity (Wildman–Crippen MR) is 61.3 cm³/mol. The smallest absolute Gasteiger partial charge is 0.319 e. The van der Waals surface area contributed by atoms with Crippen molar-refractivity contribution < 1.29 is 14.3 Å². The van der Waals surface area contributed by atoms with E-state index in [2.05, 4.69) is 0 Å². The van der Waals surface area contributed by atoms with Crippen molar-refractivity contribution in [2.24, 2.45) is 5.73 Å². The Labute approximate surface area is 95.3 Å². The van der Waals surface area contributed by atoms with E-state index in [1.807, 2.05) is 31.2 Å². The number of nitrogens with two attached hydrogens (primary N) is 1. The van der Waals surface area contributed by atoms with Crippen LogP contribution in [0.25, 0.3) is 0 Å². The third-order valence-electron chi connectivity index (χ3n) is 2.16. The molecule has 0 heterocycles. The maximum absolute atomic E-state index is 11.0. The lowest BCUT2D eigenvalue weighted by atomic mass is 10.1. The molecule has 0 aliphatic heterocycles. The molecule has 1 aromatic rings. The van der Waals surface area contributed by atoms with Gasteiger partial charge in [0, 0.05) is 6.42 Å². The molecule has 1 atom stereocenters. The molecule has 88 valence electrons. The van der Waals surface area contributed by atoms with E-state index in [0.29, 0.717) is 6.42 Å². The van der Waals surface area contributed by atoms with Gasteiger partial charge < -0.3 is 15.2 Å². The van der Waals surface area contributed by atoms with E-state index < -0.39 is 0 Å². The van der Waals surface area contributed by atoms with Crippen LogP contribution >= 0.6 is 0 Å². The summed E-state index contributed by atoms with van der Waals surface area (Å²) in [5.74, 6) is 0.422. The Morgan fingerprint density at radius 1 is 1.50 bits per heavy atom. The summed E-state index contributed by atoms with van der Waals surface area (Å²) in [7, 11) is 1.62. The van der Waals surface area contributed by atoms with E-state index in [1.165, 1.54) is 0 Å². The largest absolute Gasteiger partial charge is 0.497 e. The van der Waals surface area contributed by atoms with Crippen LogP contribution in [0.4, 0.5) is 0 Å². The molecule has 4 nitrogen and oxygen atoms in total. The van der Waals surface area contributed by atoms with E-state index in [0.717, 1.165) is 11.3 Å². The Kier molecular flexibility index (Phi) is 4.79. The van der Waals surface area contributed by atoms with Gasteiger partial charge >= 0.3 is 5.97 Å². The van der Waals surface area contributed by atoms with Crippen molar-refractivity contribution in [3.63, 3.8) is 0 Å². The molecular formula is C12H17NO3. The Hall–Kier alpha value is -1.55. The molecule has 0 aromatic heterocycles. The van der Waals surface area contributed by atoms with Gasteiger partial charge in [0.15, 0.2) is 0 Å². The summed E-state index contributed by atoms with van der Waals surface area (Å²) in [5, 5.41) is 0. The Balaban J connectivity index is 2.55.